The van der Waals surface area contributed by atoms with Crippen LogP contribution in [-0.2, 0) is 14.3 Å². The Morgan fingerprint density at radius 3 is 1.08 bits per heavy atom. The molecule has 0 amide bonds. The Morgan fingerprint density at radius 1 is 0.420 bits per heavy atom. The second-order valence-corrected chi connectivity index (χ2v) is 15.6. The van der Waals surface area contributed by atoms with Crippen molar-refractivity contribution in [2.75, 3.05) is 0 Å². The van der Waals surface area contributed by atoms with Gasteiger partial charge in [-0.25, -0.2) is 0 Å². The van der Waals surface area contributed by atoms with Crippen LogP contribution in [0.25, 0.3) is 0 Å². The third kappa shape index (κ3) is 41.1. The monoisotopic (exact) mass is 705 g/mol. The molecule has 0 fully saturated rings. The molecule has 296 valence electrons. The minimum atomic E-state index is -0.672. The van der Waals surface area contributed by atoms with Crippen LogP contribution in [-0.4, -0.2) is 23.1 Å². The molecule has 0 aliphatic heterocycles. The van der Waals surface area contributed by atoms with Crippen molar-refractivity contribution in [3.05, 3.63) is 12.2 Å². The molecule has 4 nitrogen and oxygen atoms in total. The normalized spacial score (nSPS) is 12.2. The summed E-state index contributed by atoms with van der Waals surface area (Å²) in [5.74, 6) is -0.631. The van der Waals surface area contributed by atoms with Gasteiger partial charge in [0.1, 0.15) is 6.10 Å². The van der Waals surface area contributed by atoms with Gasteiger partial charge in [0, 0.05) is 12.8 Å². The predicted octanol–water partition coefficient (Wildman–Crippen LogP) is 15.8. The first-order valence-electron chi connectivity index (χ1n) is 22.7. The Balaban J connectivity index is 3.93. The number of ether oxygens (including phenoxy) is 1. The first-order chi connectivity index (χ1) is 24.6. The maximum Gasteiger partial charge on any atom is 0.306 e. The summed E-state index contributed by atoms with van der Waals surface area (Å²) >= 11 is 0. The van der Waals surface area contributed by atoms with Crippen LogP contribution < -0.4 is 0 Å². The maximum atomic E-state index is 12.7. The molecule has 0 aliphatic carbocycles. The molecule has 0 aromatic carbocycles. The molecule has 0 saturated carbocycles. The van der Waals surface area contributed by atoms with E-state index in [1.54, 1.807) is 0 Å². The highest BCUT2D eigenvalue weighted by Crippen LogP contribution is 2.19. The lowest BCUT2D eigenvalue weighted by atomic mass is 10.0. The Kier molecular flexibility index (Phi) is 41.0. The quantitative estimate of drug-likeness (QED) is 0.0390. The molecule has 1 atom stereocenters. The fraction of sp³-hybridized carbons (Fsp3) is 0.913. The highest BCUT2D eigenvalue weighted by molar-refractivity contribution is 5.69. The molecular formula is C46H88O4. The van der Waals surface area contributed by atoms with E-state index in [1.807, 2.05) is 0 Å². The summed E-state index contributed by atoms with van der Waals surface area (Å²) in [4.78, 5) is 23.4. The summed E-state index contributed by atoms with van der Waals surface area (Å²) in [6.45, 7) is 4.56. The summed E-state index contributed by atoms with van der Waals surface area (Å²) in [6, 6.07) is 0. The average Bonchev–Trinajstić information content (AvgIpc) is 3.10. The van der Waals surface area contributed by atoms with Crippen LogP contribution in [0.4, 0.5) is 0 Å². The van der Waals surface area contributed by atoms with E-state index in [9.17, 15) is 9.59 Å². The van der Waals surface area contributed by atoms with Gasteiger partial charge in [0.05, 0.1) is 0 Å². The lowest BCUT2D eigenvalue weighted by Gasteiger charge is -2.18. The highest BCUT2D eigenvalue weighted by atomic mass is 16.5. The first kappa shape index (κ1) is 48.7. The number of carboxylic acids is 1. The van der Waals surface area contributed by atoms with Crippen LogP contribution in [0.5, 0.6) is 0 Å². The molecule has 0 bridgehead atoms. The van der Waals surface area contributed by atoms with E-state index < -0.39 is 5.97 Å². The number of esters is 1. The van der Waals surface area contributed by atoms with Crippen molar-refractivity contribution in [3.63, 3.8) is 0 Å². The van der Waals surface area contributed by atoms with Gasteiger partial charge in [-0.1, -0.05) is 199 Å². The molecule has 0 heterocycles. The van der Waals surface area contributed by atoms with Crippen LogP contribution in [0.2, 0.25) is 0 Å². The molecule has 0 rings (SSSR count). The molecule has 0 aliphatic rings. The number of carbonyl (C=O) groups excluding carboxylic acids is 1. The summed E-state index contributed by atoms with van der Waals surface area (Å²) in [6.07, 6.45) is 52.6. The molecule has 1 unspecified atom stereocenters. The van der Waals surface area contributed by atoms with Crippen molar-refractivity contribution in [3.8, 4) is 0 Å². The number of rotatable bonds is 42. The van der Waals surface area contributed by atoms with Crippen LogP contribution >= 0.6 is 0 Å². The maximum absolute atomic E-state index is 12.7. The fourth-order valence-corrected chi connectivity index (χ4v) is 7.12. The van der Waals surface area contributed by atoms with E-state index in [1.165, 1.54) is 193 Å². The Bertz CT molecular complexity index is 717. The van der Waals surface area contributed by atoms with Crippen LogP contribution in [0.3, 0.4) is 0 Å². The van der Waals surface area contributed by atoms with Crippen molar-refractivity contribution in [2.24, 2.45) is 0 Å². The first-order valence-corrected chi connectivity index (χ1v) is 22.7. The van der Waals surface area contributed by atoms with Gasteiger partial charge in [-0.2, -0.15) is 0 Å². The van der Waals surface area contributed by atoms with Gasteiger partial charge in [0.2, 0.25) is 0 Å². The van der Waals surface area contributed by atoms with E-state index in [-0.39, 0.29) is 12.1 Å². The van der Waals surface area contributed by atoms with Crippen molar-refractivity contribution < 1.29 is 19.4 Å². The lowest BCUT2D eigenvalue weighted by molar-refractivity contribution is -0.150. The Labute approximate surface area is 313 Å². The van der Waals surface area contributed by atoms with Crippen molar-refractivity contribution in [1.82, 2.24) is 0 Å². The Hall–Kier alpha value is -1.32. The average molecular weight is 705 g/mol. The number of carboxylic acid groups (broad SMARTS) is 1. The van der Waals surface area contributed by atoms with E-state index in [0.717, 1.165) is 44.9 Å². The second kappa shape index (κ2) is 42.1. The largest absolute Gasteiger partial charge is 0.481 e. The predicted molar refractivity (Wildman–Crippen MR) is 218 cm³/mol. The molecule has 0 radical (unpaired) electrons. The number of hydrogen-bond donors (Lipinski definition) is 1. The van der Waals surface area contributed by atoms with E-state index in [0.29, 0.717) is 12.8 Å². The van der Waals surface area contributed by atoms with Crippen molar-refractivity contribution >= 4 is 11.9 Å². The van der Waals surface area contributed by atoms with Crippen LogP contribution in [0.15, 0.2) is 12.2 Å². The Morgan fingerprint density at radius 2 is 0.720 bits per heavy atom. The molecule has 0 saturated heterocycles. The molecule has 50 heavy (non-hydrogen) atoms. The highest BCUT2D eigenvalue weighted by Gasteiger charge is 2.14. The van der Waals surface area contributed by atoms with Gasteiger partial charge in [-0.15, -0.1) is 0 Å². The second-order valence-electron chi connectivity index (χ2n) is 15.6. The third-order valence-electron chi connectivity index (χ3n) is 10.5. The summed E-state index contributed by atoms with van der Waals surface area (Å²) in [5.41, 5.74) is 0. The van der Waals surface area contributed by atoms with Gasteiger partial charge < -0.3 is 9.84 Å². The molecule has 0 aromatic rings. The SMILES string of the molecule is CCCCCCCC/C=C\CCCCCCCCCCCC(=O)OC(CCCCCCCCCC)CCCCCCCCCCCCC(=O)O. The van der Waals surface area contributed by atoms with Gasteiger partial charge in [-0.3, -0.25) is 9.59 Å². The standard InChI is InChI=1S/C46H88O4/c1-3-5-7-9-11-13-14-15-16-17-18-19-20-21-22-27-31-35-39-43-46(49)50-44(40-36-32-28-12-10-8-6-4-2)41-37-33-29-25-23-24-26-30-34-38-42-45(47)48/h15-16,44H,3-14,17-43H2,1-2H3,(H,47,48)/b16-15-. The number of carbonyl (C=O) groups is 2. The lowest BCUT2D eigenvalue weighted by Crippen LogP contribution is -2.18. The zero-order chi connectivity index (χ0) is 36.4. The van der Waals surface area contributed by atoms with E-state index >= 15 is 0 Å². The smallest absolute Gasteiger partial charge is 0.306 e. The molecule has 0 spiro atoms. The zero-order valence-electron chi connectivity index (χ0n) is 34.0. The third-order valence-corrected chi connectivity index (χ3v) is 10.5. The van der Waals surface area contributed by atoms with E-state index in [4.69, 9.17) is 9.84 Å². The van der Waals surface area contributed by atoms with Gasteiger partial charge in [-0.05, 0) is 64.2 Å². The van der Waals surface area contributed by atoms with Crippen molar-refractivity contribution in [2.45, 2.75) is 270 Å². The summed E-state index contributed by atoms with van der Waals surface area (Å²) < 4.78 is 6.07. The minimum absolute atomic E-state index is 0.0407. The zero-order valence-corrected chi connectivity index (χ0v) is 34.0. The molecule has 1 N–H and O–H groups in total. The molecule has 0 aromatic heterocycles. The minimum Gasteiger partial charge on any atom is -0.481 e. The summed E-state index contributed by atoms with van der Waals surface area (Å²) in [5, 5.41) is 8.73. The van der Waals surface area contributed by atoms with E-state index in [2.05, 4.69) is 26.0 Å². The van der Waals surface area contributed by atoms with Gasteiger partial charge in [0.15, 0.2) is 0 Å². The number of aliphatic carboxylic acids is 1. The number of allylic oxidation sites excluding steroid dienone is 2. The fourth-order valence-electron chi connectivity index (χ4n) is 7.12. The summed E-state index contributed by atoms with van der Waals surface area (Å²) in [7, 11) is 0. The number of hydrogen-bond acceptors (Lipinski definition) is 3. The topological polar surface area (TPSA) is 63.6 Å². The van der Waals surface area contributed by atoms with Crippen molar-refractivity contribution in [1.29, 1.82) is 0 Å². The van der Waals surface area contributed by atoms with Gasteiger partial charge in [0.25, 0.3) is 0 Å². The van der Waals surface area contributed by atoms with Crippen LogP contribution in [0, 0.1) is 0 Å². The van der Waals surface area contributed by atoms with Gasteiger partial charge >= 0.3 is 11.9 Å². The molecule has 4 heteroatoms. The number of unbranched alkanes of at least 4 members (excludes halogenated alkanes) is 31. The molecular weight excluding hydrogens is 617 g/mol. The van der Waals surface area contributed by atoms with Crippen LogP contribution in [0.1, 0.15) is 264 Å².